The maximum Gasteiger partial charge on any atom is 0.416 e. The summed E-state index contributed by atoms with van der Waals surface area (Å²) < 4.78 is 49.4. The quantitative estimate of drug-likeness (QED) is 0.409. The van der Waals surface area contributed by atoms with Gasteiger partial charge in [0.1, 0.15) is 23.5 Å². The Morgan fingerprint density at radius 1 is 1.31 bits per heavy atom. The van der Waals surface area contributed by atoms with Gasteiger partial charge >= 0.3 is 6.18 Å². The fourth-order valence-electron chi connectivity index (χ4n) is 2.21. The lowest BCUT2D eigenvalue weighted by atomic mass is 10.2. The highest BCUT2D eigenvalue weighted by atomic mass is 35.5. The molecule has 158 valence electrons. The van der Waals surface area contributed by atoms with E-state index >= 15 is 0 Å². The predicted molar refractivity (Wildman–Crippen MR) is 107 cm³/mol. The minimum absolute atomic E-state index is 0.0273. The molecule has 2 aromatic rings. The average Bonchev–Trinajstić information content (AvgIpc) is 2.67. The fraction of sp³-hybridized carbons (Fsp3) is 0.400. The van der Waals surface area contributed by atoms with Crippen LogP contribution in [0.15, 0.2) is 35.3 Å². The number of alkyl halides is 3. The number of hydrogen-bond acceptors (Lipinski definition) is 4. The van der Waals surface area contributed by atoms with Gasteiger partial charge < -0.3 is 14.4 Å². The van der Waals surface area contributed by atoms with E-state index in [1.807, 2.05) is 18.9 Å². The van der Waals surface area contributed by atoms with Gasteiger partial charge in [0, 0.05) is 13.6 Å². The van der Waals surface area contributed by atoms with Gasteiger partial charge in [-0.1, -0.05) is 17.7 Å². The third-order valence-corrected chi connectivity index (χ3v) is 4.23. The summed E-state index contributed by atoms with van der Waals surface area (Å²) in [5, 5.41) is 0.285. The molecule has 0 saturated heterocycles. The zero-order valence-electron chi connectivity index (χ0n) is 16.6. The van der Waals surface area contributed by atoms with E-state index in [1.54, 1.807) is 26.3 Å². The van der Waals surface area contributed by atoms with Crippen molar-refractivity contribution in [3.8, 4) is 11.6 Å². The van der Waals surface area contributed by atoms with Crippen molar-refractivity contribution in [3.63, 3.8) is 0 Å². The number of aryl methyl sites for hydroxylation is 1. The van der Waals surface area contributed by atoms with Gasteiger partial charge in [0.25, 0.3) is 0 Å². The first kappa shape index (κ1) is 22.8. The van der Waals surface area contributed by atoms with Gasteiger partial charge in [-0.25, -0.2) is 9.98 Å². The third-order valence-electron chi connectivity index (χ3n) is 3.96. The summed E-state index contributed by atoms with van der Waals surface area (Å²) in [4.78, 5) is 10.6. The first-order chi connectivity index (χ1) is 13.6. The van der Waals surface area contributed by atoms with Crippen molar-refractivity contribution >= 4 is 23.6 Å². The van der Waals surface area contributed by atoms with Crippen LogP contribution in [0.3, 0.4) is 0 Å². The lowest BCUT2D eigenvalue weighted by molar-refractivity contribution is -0.137. The van der Waals surface area contributed by atoms with E-state index in [0.29, 0.717) is 11.4 Å². The molecule has 0 aliphatic carbocycles. The number of halogens is 4. The number of pyridine rings is 1. The highest BCUT2D eigenvalue weighted by Gasteiger charge is 2.30. The van der Waals surface area contributed by atoms with Crippen LogP contribution >= 0.6 is 11.6 Å². The average molecular weight is 430 g/mol. The zero-order valence-corrected chi connectivity index (χ0v) is 17.4. The molecular formula is C20H23ClF3N3O2. The molecule has 0 bridgehead atoms. The molecular weight excluding hydrogens is 407 g/mol. The van der Waals surface area contributed by atoms with Crippen LogP contribution in [-0.2, 0) is 6.18 Å². The van der Waals surface area contributed by atoms with Crippen molar-refractivity contribution in [2.24, 2.45) is 4.99 Å². The first-order valence-corrected chi connectivity index (χ1v) is 9.36. The van der Waals surface area contributed by atoms with Crippen LogP contribution in [0.25, 0.3) is 0 Å². The van der Waals surface area contributed by atoms with Crippen LogP contribution in [0.1, 0.15) is 25.1 Å². The molecule has 9 heteroatoms. The molecule has 0 amide bonds. The standard InChI is InChI=1S/C20H23ClF3N3O2/c1-5-27(4)12-25-18-10-17(21)19(26-14(18)3)29-13(2)11-28-16-8-6-7-15(9-16)20(22,23)24/h6-10,12-13H,5,11H2,1-4H3. The van der Waals surface area contributed by atoms with Crippen LogP contribution < -0.4 is 9.47 Å². The van der Waals surface area contributed by atoms with Crippen molar-refractivity contribution in [2.45, 2.75) is 33.1 Å². The van der Waals surface area contributed by atoms with Gasteiger partial charge in [0.05, 0.1) is 23.3 Å². The summed E-state index contributed by atoms with van der Waals surface area (Å²) in [6, 6.07) is 6.33. The minimum atomic E-state index is -4.42. The molecule has 0 aliphatic heterocycles. The summed E-state index contributed by atoms with van der Waals surface area (Å²) in [5.41, 5.74) is 0.487. The number of nitrogens with zero attached hydrogens (tertiary/aromatic N) is 3. The van der Waals surface area contributed by atoms with Crippen molar-refractivity contribution < 1.29 is 22.6 Å². The van der Waals surface area contributed by atoms with Crippen LogP contribution in [0.4, 0.5) is 18.9 Å². The van der Waals surface area contributed by atoms with Gasteiger partial charge in [-0.15, -0.1) is 0 Å². The molecule has 1 unspecified atom stereocenters. The lowest BCUT2D eigenvalue weighted by Gasteiger charge is -2.17. The van der Waals surface area contributed by atoms with Gasteiger partial charge in [-0.05, 0) is 45.0 Å². The van der Waals surface area contributed by atoms with E-state index in [0.717, 1.165) is 18.7 Å². The van der Waals surface area contributed by atoms with Crippen LogP contribution in [0.2, 0.25) is 5.02 Å². The van der Waals surface area contributed by atoms with Gasteiger partial charge in [-0.3, -0.25) is 0 Å². The molecule has 0 saturated carbocycles. The monoisotopic (exact) mass is 429 g/mol. The van der Waals surface area contributed by atoms with Gasteiger partial charge in [0.15, 0.2) is 0 Å². The Hall–Kier alpha value is -2.48. The maximum atomic E-state index is 12.8. The Morgan fingerprint density at radius 2 is 2.03 bits per heavy atom. The second-order valence-corrected chi connectivity index (χ2v) is 6.87. The number of ether oxygens (including phenoxy) is 2. The van der Waals surface area contributed by atoms with Crippen molar-refractivity contribution in [2.75, 3.05) is 20.2 Å². The molecule has 0 N–H and O–H groups in total. The smallest absolute Gasteiger partial charge is 0.416 e. The molecule has 0 fully saturated rings. The Kier molecular flexibility index (Phi) is 7.73. The van der Waals surface area contributed by atoms with Crippen LogP contribution in [0.5, 0.6) is 11.6 Å². The molecule has 0 radical (unpaired) electrons. The van der Waals surface area contributed by atoms with Crippen molar-refractivity contribution in [1.29, 1.82) is 0 Å². The molecule has 5 nitrogen and oxygen atoms in total. The molecule has 0 aliphatic rings. The molecule has 29 heavy (non-hydrogen) atoms. The second kappa shape index (κ2) is 9.82. The van der Waals surface area contributed by atoms with E-state index in [2.05, 4.69) is 9.98 Å². The van der Waals surface area contributed by atoms with Crippen molar-refractivity contribution in [3.05, 3.63) is 46.6 Å². The number of hydrogen-bond donors (Lipinski definition) is 0. The minimum Gasteiger partial charge on any atom is -0.490 e. The molecule has 1 aromatic carbocycles. The summed E-state index contributed by atoms with van der Waals surface area (Å²) in [5.74, 6) is 0.322. The lowest BCUT2D eigenvalue weighted by Crippen LogP contribution is -2.22. The number of aliphatic imine (C=N–C) groups is 1. The second-order valence-electron chi connectivity index (χ2n) is 6.46. The normalized spacial score (nSPS) is 12.8. The summed E-state index contributed by atoms with van der Waals surface area (Å²) >= 11 is 6.24. The SMILES string of the molecule is CCN(C)C=Nc1cc(Cl)c(OC(C)COc2cccc(C(F)(F)F)c2)nc1C. The van der Waals surface area contributed by atoms with E-state index in [9.17, 15) is 13.2 Å². The van der Waals surface area contributed by atoms with E-state index in [-0.39, 0.29) is 23.3 Å². The van der Waals surface area contributed by atoms with Crippen molar-refractivity contribution in [1.82, 2.24) is 9.88 Å². The summed E-state index contributed by atoms with van der Waals surface area (Å²) in [6.07, 6.45) is -3.23. The van der Waals surface area contributed by atoms with E-state index in [4.69, 9.17) is 21.1 Å². The van der Waals surface area contributed by atoms with Gasteiger partial charge in [0.2, 0.25) is 5.88 Å². The largest absolute Gasteiger partial charge is 0.490 e. The summed E-state index contributed by atoms with van der Waals surface area (Å²) in [6.45, 7) is 6.34. The third kappa shape index (κ3) is 6.81. The van der Waals surface area contributed by atoms with E-state index in [1.165, 1.54) is 12.1 Å². The Balaban J connectivity index is 2.01. The van der Waals surface area contributed by atoms with Crippen LogP contribution in [-0.4, -0.2) is 42.5 Å². The Morgan fingerprint density at radius 3 is 2.69 bits per heavy atom. The fourth-order valence-corrected chi connectivity index (χ4v) is 2.40. The molecule has 0 spiro atoms. The maximum absolute atomic E-state index is 12.8. The highest BCUT2D eigenvalue weighted by Crippen LogP contribution is 2.32. The summed E-state index contributed by atoms with van der Waals surface area (Å²) in [7, 11) is 1.90. The molecule has 2 rings (SSSR count). The zero-order chi connectivity index (χ0) is 21.6. The first-order valence-electron chi connectivity index (χ1n) is 8.98. The van der Waals surface area contributed by atoms with Gasteiger partial charge in [-0.2, -0.15) is 13.2 Å². The topological polar surface area (TPSA) is 47.0 Å². The Bertz CT molecular complexity index is 859. The Labute approximate surface area is 173 Å². The number of benzene rings is 1. The number of aromatic nitrogens is 1. The highest BCUT2D eigenvalue weighted by molar-refractivity contribution is 6.32. The molecule has 1 aromatic heterocycles. The van der Waals surface area contributed by atoms with Crippen LogP contribution in [0, 0.1) is 6.92 Å². The molecule has 1 heterocycles. The predicted octanol–water partition coefficient (Wildman–Crippen LogP) is 5.52. The number of rotatable bonds is 8. The van der Waals surface area contributed by atoms with E-state index < -0.39 is 17.8 Å². The molecule has 1 atom stereocenters.